The number of aromatic nitrogens is 1. The molecule has 0 aliphatic carbocycles. The van der Waals surface area contributed by atoms with Gasteiger partial charge < -0.3 is 20.3 Å². The van der Waals surface area contributed by atoms with E-state index in [1.807, 2.05) is 6.92 Å². The van der Waals surface area contributed by atoms with Gasteiger partial charge in [0.1, 0.15) is 16.9 Å². The van der Waals surface area contributed by atoms with Gasteiger partial charge in [-0.15, -0.1) is 0 Å². The maximum Gasteiger partial charge on any atom is 0.338 e. The molecule has 33 heavy (non-hydrogen) atoms. The zero-order valence-corrected chi connectivity index (χ0v) is 19.8. The number of nitrogens with zero attached hydrogens (tertiary/aromatic N) is 4. The normalized spacial score (nSPS) is 16.2. The number of esters is 1. The highest BCUT2D eigenvalue weighted by Gasteiger charge is 2.46. The number of halogens is 2. The van der Waals surface area contributed by atoms with Crippen molar-refractivity contribution in [3.8, 4) is 0 Å². The lowest BCUT2D eigenvalue weighted by Gasteiger charge is -2.38. The van der Waals surface area contributed by atoms with Gasteiger partial charge in [0, 0.05) is 31.4 Å². The number of benzene rings is 1. The van der Waals surface area contributed by atoms with Crippen molar-refractivity contribution >= 4 is 29.2 Å². The number of carbonyl (C=O) groups is 1. The fourth-order valence-corrected chi connectivity index (χ4v) is 4.15. The quantitative estimate of drug-likeness (QED) is 0.269. The molecule has 174 valence electrons. The molecule has 0 spiro atoms. The summed E-state index contributed by atoms with van der Waals surface area (Å²) in [5, 5.41) is 13.2. The predicted molar refractivity (Wildman–Crippen MR) is 125 cm³/mol. The molecule has 2 aromatic rings. The second kappa shape index (κ2) is 10.1. The van der Waals surface area contributed by atoms with Crippen LogP contribution in [-0.2, 0) is 16.1 Å². The molecule has 2 heterocycles. The molecule has 0 saturated carbocycles. The van der Waals surface area contributed by atoms with Gasteiger partial charge in [-0.05, 0) is 36.2 Å². The first-order chi connectivity index (χ1) is 15.7. The molecule has 3 rings (SSSR count). The molecule has 0 radical (unpaired) electrons. The Morgan fingerprint density at radius 1 is 1.33 bits per heavy atom. The fourth-order valence-electron chi connectivity index (χ4n) is 3.84. The minimum Gasteiger partial charge on any atom is -0.466 e. The van der Waals surface area contributed by atoms with E-state index in [9.17, 15) is 14.9 Å². The van der Waals surface area contributed by atoms with E-state index in [4.69, 9.17) is 33.7 Å². The highest BCUT2D eigenvalue weighted by atomic mass is 35.5. The zero-order valence-electron chi connectivity index (χ0n) is 18.3. The summed E-state index contributed by atoms with van der Waals surface area (Å²) in [6, 6.07) is 9.99. The van der Waals surface area contributed by atoms with Crippen molar-refractivity contribution in [2.45, 2.75) is 19.4 Å². The molecule has 1 unspecified atom stereocenters. The minimum absolute atomic E-state index is 0.0260. The highest BCUT2D eigenvalue weighted by molar-refractivity contribution is 6.30. The van der Waals surface area contributed by atoms with Crippen LogP contribution >= 0.6 is 23.2 Å². The van der Waals surface area contributed by atoms with E-state index in [1.54, 1.807) is 54.5 Å². The first-order valence-corrected chi connectivity index (χ1v) is 10.8. The summed E-state index contributed by atoms with van der Waals surface area (Å²) >= 11 is 12.1. The number of pyridine rings is 1. The lowest BCUT2D eigenvalue weighted by atomic mass is 9.85. The van der Waals surface area contributed by atoms with Crippen molar-refractivity contribution in [3.63, 3.8) is 0 Å². The molecule has 0 amide bonds. The molecule has 0 fully saturated rings. The Bertz CT molecular complexity index is 1130. The van der Waals surface area contributed by atoms with Gasteiger partial charge >= 0.3 is 5.97 Å². The molecule has 9 nitrogen and oxygen atoms in total. The summed E-state index contributed by atoms with van der Waals surface area (Å²) in [6.45, 7) is 2.59. The number of hydrogen-bond acceptors (Lipinski definition) is 8. The van der Waals surface area contributed by atoms with Gasteiger partial charge in [-0.1, -0.05) is 41.4 Å². The van der Waals surface area contributed by atoms with Crippen molar-refractivity contribution in [3.05, 3.63) is 96.9 Å². The van der Waals surface area contributed by atoms with Gasteiger partial charge in [0.05, 0.1) is 17.6 Å². The van der Waals surface area contributed by atoms with Crippen LogP contribution in [0, 0.1) is 10.1 Å². The number of rotatable bonds is 7. The number of nitrogens with two attached hydrogens (primary N) is 1. The van der Waals surface area contributed by atoms with Crippen molar-refractivity contribution in [2.24, 2.45) is 5.73 Å². The van der Waals surface area contributed by atoms with Crippen LogP contribution in [0.3, 0.4) is 0 Å². The smallest absolute Gasteiger partial charge is 0.338 e. The average molecular weight is 492 g/mol. The lowest BCUT2D eigenvalue weighted by Crippen LogP contribution is -2.43. The Balaban J connectivity index is 2.24. The average Bonchev–Trinajstić information content (AvgIpc) is 2.79. The molecule has 2 N–H and O–H groups in total. The SMILES string of the molecule is CCN(Cc1ccc(Cl)nc1)C1=C([N+](=O)[O-])C(c2cccc(Cl)c2)C(C(=O)OC)=C(N)N1C. The Labute approximate surface area is 201 Å². The van der Waals surface area contributed by atoms with Crippen molar-refractivity contribution in [2.75, 3.05) is 20.7 Å². The largest absolute Gasteiger partial charge is 0.466 e. The van der Waals surface area contributed by atoms with Crippen LogP contribution in [-0.4, -0.2) is 46.4 Å². The standard InChI is InChI=1S/C22H23Cl2N5O4/c1-4-28(12-13-8-9-16(24)26-11-13)21-19(29(31)32)17(14-6-5-7-15(23)10-14)18(22(30)33-3)20(25)27(21)2/h5-11,17H,4,12,25H2,1-3H3. The second-order valence-electron chi connectivity index (χ2n) is 7.31. The summed E-state index contributed by atoms with van der Waals surface area (Å²) in [5.41, 5.74) is 7.39. The van der Waals surface area contributed by atoms with Crippen LogP contribution in [0.1, 0.15) is 24.0 Å². The fraction of sp³-hybridized carbons (Fsp3) is 0.273. The number of carbonyl (C=O) groups excluding carboxylic acids is 1. The molecule has 1 aliphatic rings. The topological polar surface area (TPSA) is 115 Å². The van der Waals surface area contributed by atoms with E-state index in [2.05, 4.69) is 4.98 Å². The zero-order chi connectivity index (χ0) is 24.3. The van der Waals surface area contributed by atoms with Gasteiger partial charge in [0.2, 0.25) is 0 Å². The third-order valence-electron chi connectivity index (χ3n) is 5.37. The molecule has 1 atom stereocenters. The maximum absolute atomic E-state index is 12.7. The number of allylic oxidation sites excluding steroid dienone is 1. The first kappa shape index (κ1) is 24.3. The first-order valence-electron chi connectivity index (χ1n) is 10.0. The Morgan fingerprint density at radius 3 is 2.61 bits per heavy atom. The number of ether oxygens (including phenoxy) is 1. The third-order valence-corrected chi connectivity index (χ3v) is 5.83. The summed E-state index contributed by atoms with van der Waals surface area (Å²) in [4.78, 5) is 32.0. The van der Waals surface area contributed by atoms with E-state index < -0.39 is 16.8 Å². The van der Waals surface area contributed by atoms with E-state index in [1.165, 1.54) is 12.0 Å². The maximum atomic E-state index is 12.7. The molecule has 11 heteroatoms. The van der Waals surface area contributed by atoms with Gasteiger partial charge in [-0.2, -0.15) is 0 Å². The molecular weight excluding hydrogens is 469 g/mol. The lowest BCUT2D eigenvalue weighted by molar-refractivity contribution is -0.433. The number of methoxy groups -OCH3 is 1. The Hall–Kier alpha value is -3.30. The van der Waals surface area contributed by atoms with Gasteiger partial charge in [-0.3, -0.25) is 10.1 Å². The van der Waals surface area contributed by atoms with Gasteiger partial charge in [0.15, 0.2) is 5.82 Å². The molecule has 1 aliphatic heterocycles. The van der Waals surface area contributed by atoms with Crippen LogP contribution in [0.4, 0.5) is 0 Å². The summed E-state index contributed by atoms with van der Waals surface area (Å²) in [5.74, 6) is -1.53. The summed E-state index contributed by atoms with van der Waals surface area (Å²) < 4.78 is 4.93. The molecule has 0 saturated heterocycles. The predicted octanol–water partition coefficient (Wildman–Crippen LogP) is 3.73. The van der Waals surface area contributed by atoms with Crippen molar-refractivity contribution < 1.29 is 14.5 Å². The van der Waals surface area contributed by atoms with Crippen LogP contribution in [0.2, 0.25) is 10.2 Å². The van der Waals surface area contributed by atoms with Crippen LogP contribution in [0.15, 0.2) is 65.5 Å². The van der Waals surface area contributed by atoms with E-state index in [0.717, 1.165) is 5.56 Å². The Morgan fingerprint density at radius 2 is 2.06 bits per heavy atom. The molecular formula is C22H23Cl2N5O4. The monoisotopic (exact) mass is 491 g/mol. The molecule has 1 aromatic carbocycles. The molecule has 1 aromatic heterocycles. The van der Waals surface area contributed by atoms with Crippen LogP contribution in [0.5, 0.6) is 0 Å². The van der Waals surface area contributed by atoms with E-state index in [-0.39, 0.29) is 22.9 Å². The van der Waals surface area contributed by atoms with Crippen molar-refractivity contribution in [1.82, 2.24) is 14.8 Å². The summed E-state index contributed by atoms with van der Waals surface area (Å²) in [6.07, 6.45) is 1.60. The Kier molecular flexibility index (Phi) is 7.45. The van der Waals surface area contributed by atoms with E-state index >= 15 is 0 Å². The van der Waals surface area contributed by atoms with Crippen LogP contribution in [0.25, 0.3) is 0 Å². The van der Waals surface area contributed by atoms with Gasteiger partial charge in [-0.25, -0.2) is 9.78 Å². The third kappa shape index (κ3) is 4.89. The van der Waals surface area contributed by atoms with E-state index in [0.29, 0.717) is 28.8 Å². The summed E-state index contributed by atoms with van der Waals surface area (Å²) in [7, 11) is 2.78. The van der Waals surface area contributed by atoms with Crippen LogP contribution < -0.4 is 5.73 Å². The second-order valence-corrected chi connectivity index (χ2v) is 8.13. The number of nitro groups is 1. The minimum atomic E-state index is -1.09. The molecule has 0 bridgehead atoms. The highest BCUT2D eigenvalue weighted by Crippen LogP contribution is 2.42. The number of hydrogen-bond donors (Lipinski definition) is 1. The van der Waals surface area contributed by atoms with Gasteiger partial charge in [0.25, 0.3) is 5.70 Å². The van der Waals surface area contributed by atoms with Crippen molar-refractivity contribution in [1.29, 1.82) is 0 Å².